The highest BCUT2D eigenvalue weighted by Gasteiger charge is 2.19. The number of hydrogen-bond donors (Lipinski definition) is 0. The van der Waals surface area contributed by atoms with Gasteiger partial charge in [0.1, 0.15) is 5.69 Å². The number of nitrogens with zero attached hydrogens (tertiary/aromatic N) is 1. The van der Waals surface area contributed by atoms with E-state index in [2.05, 4.69) is 4.98 Å². The van der Waals surface area contributed by atoms with Gasteiger partial charge in [-0.05, 0) is 11.6 Å². The van der Waals surface area contributed by atoms with Crippen LogP contribution in [0.4, 0.5) is 0 Å². The summed E-state index contributed by atoms with van der Waals surface area (Å²) in [6.07, 6.45) is 0. The molecule has 1 aromatic heterocycles. The molecule has 0 amide bonds. The minimum Gasteiger partial charge on any atom is -0.432 e. The summed E-state index contributed by atoms with van der Waals surface area (Å²) in [6, 6.07) is 19.0. The molecule has 4 heteroatoms. The molecule has 98 valence electrons. The lowest BCUT2D eigenvalue weighted by Gasteiger charge is -2.00. The van der Waals surface area contributed by atoms with E-state index >= 15 is 0 Å². The first-order valence-electron chi connectivity index (χ1n) is 6.07. The Kier molecular flexibility index (Phi) is 3.35. The molecule has 0 aliphatic heterocycles. The van der Waals surface area contributed by atoms with Crippen molar-refractivity contribution in [1.82, 2.24) is 4.98 Å². The fourth-order valence-corrected chi connectivity index (χ4v) is 2.06. The summed E-state index contributed by atoms with van der Waals surface area (Å²) in [5.74, 6) is 0.449. The normalized spacial score (nSPS) is 10.4. The predicted molar refractivity (Wildman–Crippen MR) is 77.6 cm³/mol. The van der Waals surface area contributed by atoms with Gasteiger partial charge in [-0.25, -0.2) is 4.98 Å². The van der Waals surface area contributed by atoms with Gasteiger partial charge in [-0.15, -0.1) is 0 Å². The minimum absolute atomic E-state index is 0.0932. The van der Waals surface area contributed by atoms with Gasteiger partial charge in [-0.2, -0.15) is 0 Å². The van der Waals surface area contributed by atoms with Gasteiger partial charge in [0.15, 0.2) is 5.76 Å². The van der Waals surface area contributed by atoms with Crippen LogP contribution < -0.4 is 0 Å². The molecular weight excluding hydrogens is 274 g/mol. The van der Waals surface area contributed by atoms with E-state index in [0.29, 0.717) is 11.5 Å². The second-order valence-corrected chi connectivity index (χ2v) is 4.55. The zero-order valence-electron chi connectivity index (χ0n) is 10.4. The molecule has 0 atom stereocenters. The van der Waals surface area contributed by atoms with Crippen LogP contribution in [0, 0.1) is 0 Å². The number of oxazole rings is 1. The summed E-state index contributed by atoms with van der Waals surface area (Å²) in [5.41, 5.74) is 2.34. The Labute approximate surface area is 120 Å². The Morgan fingerprint density at radius 3 is 2.00 bits per heavy atom. The minimum atomic E-state index is -0.704. The first kappa shape index (κ1) is 12.6. The van der Waals surface area contributed by atoms with Crippen molar-refractivity contribution in [2.45, 2.75) is 0 Å². The third-order valence-electron chi connectivity index (χ3n) is 2.88. The van der Waals surface area contributed by atoms with Crippen LogP contribution in [0.5, 0.6) is 0 Å². The molecule has 0 saturated heterocycles. The highest BCUT2D eigenvalue weighted by atomic mass is 35.5. The molecule has 0 N–H and O–H groups in total. The standard InChI is InChI=1S/C16H10ClNO2/c17-15(19)16-18-13(11-7-3-1-4-8-11)14(20-16)12-9-5-2-6-10-12/h1-10H. The quantitative estimate of drug-likeness (QED) is 0.670. The number of carbonyl (C=O) groups excluding carboxylic acids is 1. The van der Waals surface area contributed by atoms with Crippen LogP contribution in [-0.4, -0.2) is 10.2 Å². The Morgan fingerprint density at radius 1 is 0.900 bits per heavy atom. The van der Waals surface area contributed by atoms with Crippen molar-refractivity contribution in [3.8, 4) is 22.6 Å². The number of hydrogen-bond acceptors (Lipinski definition) is 3. The lowest BCUT2D eigenvalue weighted by Crippen LogP contribution is -1.87. The van der Waals surface area contributed by atoms with Crippen LogP contribution in [0.15, 0.2) is 65.1 Å². The number of benzene rings is 2. The zero-order valence-corrected chi connectivity index (χ0v) is 11.2. The van der Waals surface area contributed by atoms with E-state index < -0.39 is 5.24 Å². The number of aromatic nitrogens is 1. The molecule has 0 bridgehead atoms. The second-order valence-electron chi connectivity index (χ2n) is 4.20. The van der Waals surface area contributed by atoms with Crippen molar-refractivity contribution >= 4 is 16.8 Å². The van der Waals surface area contributed by atoms with Gasteiger partial charge in [0.25, 0.3) is 5.89 Å². The van der Waals surface area contributed by atoms with Crippen molar-refractivity contribution in [3.05, 3.63) is 66.6 Å². The molecule has 0 aliphatic rings. The molecular formula is C16H10ClNO2. The predicted octanol–water partition coefficient (Wildman–Crippen LogP) is 4.39. The van der Waals surface area contributed by atoms with Gasteiger partial charge in [0.05, 0.1) is 0 Å². The van der Waals surface area contributed by atoms with Gasteiger partial charge in [-0.1, -0.05) is 60.7 Å². The Bertz CT molecular complexity index is 679. The smallest absolute Gasteiger partial charge is 0.307 e. The average Bonchev–Trinajstić information content (AvgIpc) is 2.94. The number of halogens is 1. The summed E-state index contributed by atoms with van der Waals surface area (Å²) in [6.45, 7) is 0. The van der Waals surface area contributed by atoms with Gasteiger partial charge in [0, 0.05) is 11.1 Å². The topological polar surface area (TPSA) is 43.1 Å². The van der Waals surface area contributed by atoms with Crippen LogP contribution in [0.25, 0.3) is 22.6 Å². The van der Waals surface area contributed by atoms with Crippen LogP contribution in [0.1, 0.15) is 10.7 Å². The third kappa shape index (κ3) is 2.36. The molecule has 2 aromatic carbocycles. The zero-order chi connectivity index (χ0) is 13.9. The monoisotopic (exact) mass is 283 g/mol. The first-order chi connectivity index (χ1) is 9.75. The van der Waals surface area contributed by atoms with E-state index in [9.17, 15) is 4.79 Å². The Balaban J connectivity index is 2.20. The molecule has 3 aromatic rings. The molecule has 0 fully saturated rings. The molecule has 0 unspecified atom stereocenters. The lowest BCUT2D eigenvalue weighted by molar-refractivity contribution is 0.105. The molecule has 0 aliphatic carbocycles. The number of rotatable bonds is 3. The van der Waals surface area contributed by atoms with Crippen molar-refractivity contribution < 1.29 is 9.21 Å². The molecule has 0 spiro atoms. The molecule has 3 rings (SSSR count). The highest BCUT2D eigenvalue weighted by Crippen LogP contribution is 2.32. The van der Waals surface area contributed by atoms with E-state index in [1.165, 1.54) is 0 Å². The fraction of sp³-hybridized carbons (Fsp3) is 0. The maximum absolute atomic E-state index is 11.3. The Hall–Kier alpha value is -2.39. The van der Waals surface area contributed by atoms with Crippen molar-refractivity contribution in [2.75, 3.05) is 0 Å². The maximum Gasteiger partial charge on any atom is 0.307 e. The largest absolute Gasteiger partial charge is 0.432 e. The van der Waals surface area contributed by atoms with E-state index in [1.807, 2.05) is 60.7 Å². The average molecular weight is 284 g/mol. The van der Waals surface area contributed by atoms with Crippen LogP contribution in [-0.2, 0) is 0 Å². The number of carbonyl (C=O) groups is 1. The highest BCUT2D eigenvalue weighted by molar-refractivity contribution is 6.67. The summed E-state index contributed by atoms with van der Waals surface area (Å²) in [7, 11) is 0. The molecule has 0 saturated carbocycles. The first-order valence-corrected chi connectivity index (χ1v) is 6.45. The molecule has 1 heterocycles. The van der Waals surface area contributed by atoms with Crippen molar-refractivity contribution in [1.29, 1.82) is 0 Å². The third-order valence-corrected chi connectivity index (χ3v) is 3.04. The summed E-state index contributed by atoms with van der Waals surface area (Å²) >= 11 is 5.47. The van der Waals surface area contributed by atoms with Gasteiger partial charge in [-0.3, -0.25) is 4.79 Å². The molecule has 0 radical (unpaired) electrons. The van der Waals surface area contributed by atoms with E-state index in [1.54, 1.807) is 0 Å². The van der Waals surface area contributed by atoms with Crippen LogP contribution >= 0.6 is 11.6 Å². The molecule has 3 nitrogen and oxygen atoms in total. The van der Waals surface area contributed by atoms with Gasteiger partial charge in [0.2, 0.25) is 0 Å². The summed E-state index contributed by atoms with van der Waals surface area (Å²) in [5, 5.41) is -0.704. The fourth-order valence-electron chi connectivity index (χ4n) is 1.98. The maximum atomic E-state index is 11.3. The molecule has 20 heavy (non-hydrogen) atoms. The Morgan fingerprint density at radius 2 is 1.45 bits per heavy atom. The summed E-state index contributed by atoms with van der Waals surface area (Å²) < 4.78 is 5.52. The lowest BCUT2D eigenvalue weighted by atomic mass is 10.1. The van der Waals surface area contributed by atoms with Gasteiger partial charge < -0.3 is 4.42 Å². The van der Waals surface area contributed by atoms with E-state index in [-0.39, 0.29) is 5.89 Å². The SMILES string of the molecule is O=C(Cl)c1nc(-c2ccccc2)c(-c2ccccc2)o1. The second kappa shape index (κ2) is 5.31. The van der Waals surface area contributed by atoms with Crippen molar-refractivity contribution in [3.63, 3.8) is 0 Å². The summed E-state index contributed by atoms with van der Waals surface area (Å²) in [4.78, 5) is 15.5. The van der Waals surface area contributed by atoms with Crippen LogP contribution in [0.2, 0.25) is 0 Å². The van der Waals surface area contributed by atoms with Crippen LogP contribution in [0.3, 0.4) is 0 Å². The van der Waals surface area contributed by atoms with E-state index in [4.69, 9.17) is 16.0 Å². The van der Waals surface area contributed by atoms with Gasteiger partial charge >= 0.3 is 5.24 Å². The van der Waals surface area contributed by atoms with Crippen molar-refractivity contribution in [2.24, 2.45) is 0 Å². The van der Waals surface area contributed by atoms with E-state index in [0.717, 1.165) is 11.1 Å².